The van der Waals surface area contributed by atoms with Crippen LogP contribution in [0.15, 0.2) is 6.20 Å². The van der Waals surface area contributed by atoms with Crippen LogP contribution in [0.2, 0.25) is 0 Å². The Hall–Kier alpha value is -1.72. The maximum atomic E-state index is 12.5. The van der Waals surface area contributed by atoms with Gasteiger partial charge in [-0.1, -0.05) is 18.1 Å². The molecule has 1 saturated carbocycles. The lowest BCUT2D eigenvalue weighted by atomic mass is 9.78. The van der Waals surface area contributed by atoms with Crippen molar-refractivity contribution in [1.29, 1.82) is 0 Å². The Balaban J connectivity index is 1.67. The number of likely N-dealkylation sites (tertiary alicyclic amines) is 1. The Kier molecular flexibility index (Phi) is 3.80. The molecule has 20 heavy (non-hydrogen) atoms. The largest absolute Gasteiger partial charge is 0.338 e. The predicted molar refractivity (Wildman–Crippen MR) is 72.1 cm³/mol. The van der Waals surface area contributed by atoms with Crippen LogP contribution >= 0.6 is 0 Å². The van der Waals surface area contributed by atoms with Crippen LogP contribution in [0.3, 0.4) is 0 Å². The highest BCUT2D eigenvalue weighted by Crippen LogP contribution is 2.35. The van der Waals surface area contributed by atoms with Crippen LogP contribution in [0.5, 0.6) is 0 Å². The number of carbonyl (C=O) groups excluding carboxylic acids is 2. The second-order valence-electron chi connectivity index (χ2n) is 5.80. The molecular weight excluding hydrogens is 256 g/mol. The Morgan fingerprint density at radius 2 is 2.10 bits per heavy atom. The van der Waals surface area contributed by atoms with Crippen LogP contribution in [-0.2, 0) is 11.3 Å². The molecule has 0 bridgehead atoms. The fourth-order valence-electron chi connectivity index (χ4n) is 3.61. The minimum atomic E-state index is 0.101. The summed E-state index contributed by atoms with van der Waals surface area (Å²) in [6, 6.07) is 0.416. The first kappa shape index (κ1) is 13.3. The van der Waals surface area contributed by atoms with Crippen LogP contribution < -0.4 is 0 Å². The fraction of sp³-hybridized carbons (Fsp3) is 0.714. The Bertz CT molecular complexity index is 497. The van der Waals surface area contributed by atoms with Crippen molar-refractivity contribution in [2.45, 2.75) is 51.1 Å². The first-order valence-corrected chi connectivity index (χ1v) is 7.42. The number of rotatable bonds is 3. The van der Waals surface area contributed by atoms with Crippen molar-refractivity contribution in [2.24, 2.45) is 5.92 Å². The quantitative estimate of drug-likeness (QED) is 0.780. The van der Waals surface area contributed by atoms with Gasteiger partial charge < -0.3 is 4.90 Å². The van der Waals surface area contributed by atoms with Gasteiger partial charge in [-0.2, -0.15) is 0 Å². The summed E-state index contributed by atoms with van der Waals surface area (Å²) in [5.41, 5.74) is 0.270. The standard InChI is InChI=1S/C14H20N4O2/c19-10-12-8-17(16-15-12)9-14(20)18-7-3-5-11-4-1-2-6-13(11)18/h8,10-11,13H,1-7,9H2. The third-order valence-electron chi connectivity index (χ3n) is 4.54. The number of hydrogen-bond donors (Lipinski definition) is 0. The van der Waals surface area contributed by atoms with E-state index in [0.29, 0.717) is 18.2 Å². The molecule has 0 spiro atoms. The van der Waals surface area contributed by atoms with E-state index in [0.717, 1.165) is 19.4 Å². The molecule has 2 heterocycles. The Morgan fingerprint density at radius 1 is 1.30 bits per heavy atom. The molecular formula is C14H20N4O2. The topological polar surface area (TPSA) is 68.1 Å². The molecule has 2 aliphatic rings. The predicted octanol–water partition coefficient (Wildman–Crippen LogP) is 1.27. The maximum Gasteiger partial charge on any atom is 0.244 e. The van der Waals surface area contributed by atoms with E-state index in [1.165, 1.54) is 36.6 Å². The van der Waals surface area contributed by atoms with Crippen molar-refractivity contribution in [3.63, 3.8) is 0 Å². The molecule has 1 saturated heterocycles. The maximum absolute atomic E-state index is 12.5. The van der Waals surface area contributed by atoms with Gasteiger partial charge in [-0.15, -0.1) is 5.10 Å². The normalized spacial score (nSPS) is 26.1. The van der Waals surface area contributed by atoms with Gasteiger partial charge in [0.05, 0.1) is 6.20 Å². The number of piperidine rings is 1. The van der Waals surface area contributed by atoms with Crippen molar-refractivity contribution in [3.05, 3.63) is 11.9 Å². The van der Waals surface area contributed by atoms with Gasteiger partial charge in [0.2, 0.25) is 5.91 Å². The molecule has 1 amide bonds. The summed E-state index contributed by atoms with van der Waals surface area (Å²) < 4.78 is 1.46. The van der Waals surface area contributed by atoms with Crippen molar-refractivity contribution in [2.75, 3.05) is 6.54 Å². The molecule has 0 N–H and O–H groups in total. The van der Waals surface area contributed by atoms with E-state index in [-0.39, 0.29) is 18.1 Å². The highest BCUT2D eigenvalue weighted by molar-refractivity contribution is 5.77. The number of hydrogen-bond acceptors (Lipinski definition) is 4. The van der Waals surface area contributed by atoms with Crippen molar-refractivity contribution < 1.29 is 9.59 Å². The Morgan fingerprint density at radius 3 is 2.90 bits per heavy atom. The first-order chi connectivity index (χ1) is 9.78. The number of fused-ring (bicyclic) bond motifs is 1. The van der Waals surface area contributed by atoms with Gasteiger partial charge in [0.15, 0.2) is 6.29 Å². The summed E-state index contributed by atoms with van der Waals surface area (Å²) in [6.07, 6.45) is 9.44. The van der Waals surface area contributed by atoms with E-state index >= 15 is 0 Å². The number of aromatic nitrogens is 3. The molecule has 1 aliphatic heterocycles. The molecule has 108 valence electrons. The minimum absolute atomic E-state index is 0.101. The molecule has 1 aliphatic carbocycles. The zero-order valence-corrected chi connectivity index (χ0v) is 11.6. The molecule has 2 fully saturated rings. The van der Waals surface area contributed by atoms with Gasteiger partial charge in [0, 0.05) is 12.6 Å². The van der Waals surface area contributed by atoms with Gasteiger partial charge in [-0.3, -0.25) is 9.59 Å². The Labute approximate surface area is 118 Å². The summed E-state index contributed by atoms with van der Waals surface area (Å²) >= 11 is 0. The van der Waals surface area contributed by atoms with Gasteiger partial charge in [-0.05, 0) is 31.6 Å². The van der Waals surface area contributed by atoms with Gasteiger partial charge in [-0.25, -0.2) is 4.68 Å². The van der Waals surface area contributed by atoms with Crippen molar-refractivity contribution >= 4 is 12.2 Å². The lowest BCUT2D eigenvalue weighted by Crippen LogP contribution is -2.50. The molecule has 6 nitrogen and oxygen atoms in total. The second kappa shape index (κ2) is 5.73. The molecule has 0 radical (unpaired) electrons. The third kappa shape index (κ3) is 2.59. The van der Waals surface area contributed by atoms with Crippen LogP contribution in [0.4, 0.5) is 0 Å². The minimum Gasteiger partial charge on any atom is -0.338 e. The van der Waals surface area contributed by atoms with Gasteiger partial charge >= 0.3 is 0 Å². The lowest BCUT2D eigenvalue weighted by Gasteiger charge is -2.44. The molecule has 2 atom stereocenters. The summed E-state index contributed by atoms with van der Waals surface area (Å²) in [5, 5.41) is 7.50. The highest BCUT2D eigenvalue weighted by atomic mass is 16.2. The molecule has 1 aromatic rings. The van der Waals surface area contributed by atoms with E-state index in [4.69, 9.17) is 0 Å². The van der Waals surface area contributed by atoms with Crippen molar-refractivity contribution in [3.8, 4) is 0 Å². The van der Waals surface area contributed by atoms with E-state index < -0.39 is 0 Å². The highest BCUT2D eigenvalue weighted by Gasteiger charge is 2.35. The first-order valence-electron chi connectivity index (χ1n) is 7.42. The SMILES string of the molecule is O=Cc1cn(CC(=O)N2CCCC3CCCCC32)nn1. The summed E-state index contributed by atoms with van der Waals surface area (Å²) in [5.74, 6) is 0.784. The zero-order chi connectivity index (χ0) is 13.9. The average molecular weight is 276 g/mol. The molecule has 2 unspecified atom stereocenters. The smallest absolute Gasteiger partial charge is 0.244 e. The molecule has 3 rings (SSSR count). The van der Waals surface area contributed by atoms with E-state index in [1.54, 1.807) is 0 Å². The second-order valence-corrected chi connectivity index (χ2v) is 5.80. The van der Waals surface area contributed by atoms with Gasteiger partial charge in [0.25, 0.3) is 0 Å². The number of amides is 1. The molecule has 0 aromatic carbocycles. The lowest BCUT2D eigenvalue weighted by molar-refractivity contribution is -0.138. The third-order valence-corrected chi connectivity index (χ3v) is 4.54. The van der Waals surface area contributed by atoms with Crippen LogP contribution in [-0.4, -0.2) is 44.7 Å². The van der Waals surface area contributed by atoms with E-state index in [2.05, 4.69) is 10.3 Å². The number of carbonyl (C=O) groups is 2. The number of aldehydes is 1. The summed E-state index contributed by atoms with van der Waals surface area (Å²) in [7, 11) is 0. The van der Waals surface area contributed by atoms with Crippen LogP contribution in [0.1, 0.15) is 49.0 Å². The molecule has 6 heteroatoms. The molecule has 1 aromatic heterocycles. The number of nitrogens with zero attached hydrogens (tertiary/aromatic N) is 4. The van der Waals surface area contributed by atoms with Crippen molar-refractivity contribution in [1.82, 2.24) is 19.9 Å². The van der Waals surface area contributed by atoms with Crippen LogP contribution in [0.25, 0.3) is 0 Å². The monoisotopic (exact) mass is 276 g/mol. The van der Waals surface area contributed by atoms with E-state index in [1.807, 2.05) is 4.90 Å². The average Bonchev–Trinajstić information content (AvgIpc) is 2.94. The zero-order valence-electron chi connectivity index (χ0n) is 11.6. The van der Waals surface area contributed by atoms with Gasteiger partial charge in [0.1, 0.15) is 12.2 Å². The fourth-order valence-corrected chi connectivity index (χ4v) is 3.61. The van der Waals surface area contributed by atoms with E-state index in [9.17, 15) is 9.59 Å². The summed E-state index contributed by atoms with van der Waals surface area (Å²) in [4.78, 5) is 25.1. The summed E-state index contributed by atoms with van der Waals surface area (Å²) in [6.45, 7) is 1.04. The van der Waals surface area contributed by atoms with Crippen LogP contribution in [0, 0.1) is 5.92 Å².